The fraction of sp³-hybridized carbons (Fsp3) is 0.480. The van der Waals surface area contributed by atoms with Crippen LogP contribution in [0.25, 0.3) is 0 Å². The number of fused-ring (bicyclic) bond motifs is 1. The van der Waals surface area contributed by atoms with E-state index in [-0.39, 0.29) is 30.1 Å². The number of nitrogens with zero attached hydrogens (tertiary/aromatic N) is 2. The van der Waals surface area contributed by atoms with Crippen molar-refractivity contribution in [2.45, 2.75) is 45.6 Å². The van der Waals surface area contributed by atoms with Crippen LogP contribution in [0.5, 0.6) is 5.75 Å². The van der Waals surface area contributed by atoms with Crippen molar-refractivity contribution >= 4 is 18.2 Å². The van der Waals surface area contributed by atoms with E-state index in [1.807, 2.05) is 26.0 Å². The zero-order valence-electron chi connectivity index (χ0n) is 18.7. The minimum atomic E-state index is -0.594. The number of piperidine rings is 1. The molecule has 1 atom stereocenters. The molecule has 32 heavy (non-hydrogen) atoms. The summed E-state index contributed by atoms with van der Waals surface area (Å²) in [6.45, 7) is 7.68. The zero-order chi connectivity index (χ0) is 22.0. The molecule has 1 fully saturated rings. The fourth-order valence-electron chi connectivity index (χ4n) is 4.56. The highest BCUT2D eigenvalue weighted by molar-refractivity contribution is 5.97. The van der Waals surface area contributed by atoms with E-state index in [1.54, 1.807) is 12.1 Å². The van der Waals surface area contributed by atoms with Gasteiger partial charge in [0.1, 0.15) is 17.8 Å². The van der Waals surface area contributed by atoms with Gasteiger partial charge in [-0.05, 0) is 87.7 Å². The van der Waals surface area contributed by atoms with E-state index in [1.165, 1.54) is 12.1 Å². The lowest BCUT2D eigenvalue weighted by molar-refractivity contribution is -0.00363. The number of ketones is 1. The van der Waals surface area contributed by atoms with Crippen LogP contribution in [0, 0.1) is 11.7 Å². The lowest BCUT2D eigenvalue weighted by Crippen LogP contribution is -2.40. The number of aliphatic hydroxyl groups is 1. The highest BCUT2D eigenvalue weighted by atomic mass is 35.5. The predicted molar refractivity (Wildman–Crippen MR) is 125 cm³/mol. The number of benzene rings is 2. The molecule has 0 saturated carbocycles. The van der Waals surface area contributed by atoms with Crippen LogP contribution in [0.15, 0.2) is 42.5 Å². The molecule has 0 bridgehead atoms. The van der Waals surface area contributed by atoms with E-state index < -0.39 is 6.23 Å². The number of halogens is 2. The maximum absolute atomic E-state index is 13.1. The van der Waals surface area contributed by atoms with Gasteiger partial charge < -0.3 is 9.84 Å². The largest absolute Gasteiger partial charge is 0.491 e. The molecule has 7 heteroatoms. The van der Waals surface area contributed by atoms with Gasteiger partial charge >= 0.3 is 0 Å². The van der Waals surface area contributed by atoms with E-state index in [2.05, 4.69) is 15.9 Å². The lowest BCUT2D eigenvalue weighted by Gasteiger charge is -2.34. The predicted octanol–water partition coefficient (Wildman–Crippen LogP) is 4.44. The van der Waals surface area contributed by atoms with E-state index in [9.17, 15) is 14.3 Å². The summed E-state index contributed by atoms with van der Waals surface area (Å²) in [5.41, 5.74) is 2.66. The van der Waals surface area contributed by atoms with Crippen LogP contribution >= 0.6 is 12.4 Å². The molecular formula is C25H32ClFN2O3. The van der Waals surface area contributed by atoms with Gasteiger partial charge in [0.2, 0.25) is 0 Å². The number of ether oxygens (including phenoxy) is 1. The van der Waals surface area contributed by atoms with E-state index >= 15 is 0 Å². The molecule has 4 rings (SSSR count). The smallest absolute Gasteiger partial charge is 0.176 e. The second-order valence-electron chi connectivity index (χ2n) is 8.98. The Hall–Kier alpha value is -1.99. The molecule has 2 aromatic carbocycles. The Labute approximate surface area is 195 Å². The molecule has 0 aliphatic carbocycles. The van der Waals surface area contributed by atoms with Crippen LogP contribution in [-0.2, 0) is 6.54 Å². The van der Waals surface area contributed by atoms with Crippen molar-refractivity contribution in [2.24, 2.45) is 5.92 Å². The van der Waals surface area contributed by atoms with Crippen molar-refractivity contribution in [1.29, 1.82) is 0 Å². The van der Waals surface area contributed by atoms with Gasteiger partial charge in [0, 0.05) is 24.2 Å². The van der Waals surface area contributed by atoms with Gasteiger partial charge in [-0.15, -0.1) is 12.4 Å². The van der Waals surface area contributed by atoms with Crippen LogP contribution < -0.4 is 4.74 Å². The summed E-state index contributed by atoms with van der Waals surface area (Å²) < 4.78 is 18.8. The van der Waals surface area contributed by atoms with Gasteiger partial charge in [-0.3, -0.25) is 14.6 Å². The molecule has 5 nitrogen and oxygen atoms in total. The molecule has 1 unspecified atom stereocenters. The lowest BCUT2D eigenvalue weighted by atomic mass is 9.95. The standard InChI is InChI=1S/C25H31FN2O3.ClH/c1-17(2)31-22-8-5-20-15-28(25(30)23(20)13-22)14-18-9-11-27(12-10-18)16-24(29)19-3-6-21(26)7-4-19;/h3-8,13,17-18,25,30H,9-12,14-16H2,1-2H3;1H. The molecule has 2 aliphatic rings. The Kier molecular flexibility index (Phi) is 8.28. The summed E-state index contributed by atoms with van der Waals surface area (Å²) in [4.78, 5) is 16.7. The maximum atomic E-state index is 13.1. The summed E-state index contributed by atoms with van der Waals surface area (Å²) in [5, 5.41) is 10.8. The Bertz CT molecular complexity index is 914. The molecule has 174 valence electrons. The van der Waals surface area contributed by atoms with Crippen molar-refractivity contribution < 1.29 is 19.0 Å². The first-order chi connectivity index (χ1) is 14.9. The quantitative estimate of drug-likeness (QED) is 0.616. The summed E-state index contributed by atoms with van der Waals surface area (Å²) >= 11 is 0. The molecule has 0 radical (unpaired) electrons. The maximum Gasteiger partial charge on any atom is 0.176 e. The number of likely N-dealkylation sites (tertiary alicyclic amines) is 1. The SMILES string of the molecule is CC(C)Oc1ccc2c(c1)C(O)N(CC1CCN(CC(=O)c3ccc(F)cc3)CC1)C2.Cl. The number of carbonyl (C=O) groups is 1. The van der Waals surface area contributed by atoms with Crippen LogP contribution in [0.1, 0.15) is 54.4 Å². The minimum absolute atomic E-state index is 0. The van der Waals surface area contributed by atoms with Crippen LogP contribution in [0.3, 0.4) is 0 Å². The molecule has 1 saturated heterocycles. The Balaban J connectivity index is 0.00000289. The number of hydrogen-bond acceptors (Lipinski definition) is 5. The third-order valence-electron chi connectivity index (χ3n) is 6.22. The zero-order valence-corrected chi connectivity index (χ0v) is 19.5. The number of rotatable bonds is 7. The van der Waals surface area contributed by atoms with E-state index in [4.69, 9.17) is 4.74 Å². The van der Waals surface area contributed by atoms with Crippen molar-refractivity contribution in [3.8, 4) is 5.75 Å². The van der Waals surface area contributed by atoms with Crippen molar-refractivity contribution in [3.05, 3.63) is 65.0 Å². The van der Waals surface area contributed by atoms with Crippen LogP contribution in [-0.4, -0.2) is 53.0 Å². The van der Waals surface area contributed by atoms with E-state index in [0.29, 0.717) is 18.0 Å². The molecule has 0 spiro atoms. The second kappa shape index (κ2) is 10.8. The number of carbonyl (C=O) groups excluding carboxylic acids is 1. The molecular weight excluding hydrogens is 431 g/mol. The van der Waals surface area contributed by atoms with Gasteiger partial charge in [-0.2, -0.15) is 0 Å². The number of Topliss-reactive ketones (excluding diaryl/α,β-unsaturated/α-hetero) is 1. The monoisotopic (exact) mass is 462 g/mol. The normalized spacial score (nSPS) is 19.6. The molecule has 2 aliphatic heterocycles. The Morgan fingerprint density at radius 2 is 1.84 bits per heavy atom. The molecule has 0 amide bonds. The first-order valence-electron chi connectivity index (χ1n) is 11.1. The van der Waals surface area contributed by atoms with Crippen molar-refractivity contribution in [3.63, 3.8) is 0 Å². The first-order valence-corrected chi connectivity index (χ1v) is 11.1. The highest BCUT2D eigenvalue weighted by Crippen LogP contribution is 2.36. The fourth-order valence-corrected chi connectivity index (χ4v) is 4.56. The minimum Gasteiger partial charge on any atom is -0.491 e. The van der Waals surface area contributed by atoms with Gasteiger partial charge in [0.25, 0.3) is 0 Å². The molecule has 0 aromatic heterocycles. The molecule has 1 N–H and O–H groups in total. The van der Waals surface area contributed by atoms with E-state index in [0.717, 1.165) is 55.9 Å². The van der Waals surface area contributed by atoms with Gasteiger partial charge in [-0.1, -0.05) is 6.07 Å². The summed E-state index contributed by atoms with van der Waals surface area (Å²) in [5.74, 6) is 0.997. The second-order valence-corrected chi connectivity index (χ2v) is 8.98. The average molecular weight is 463 g/mol. The summed E-state index contributed by atoms with van der Waals surface area (Å²) in [6.07, 6.45) is 1.51. The number of aliphatic hydroxyl groups excluding tert-OH is 1. The average Bonchev–Trinajstić information content (AvgIpc) is 3.04. The summed E-state index contributed by atoms with van der Waals surface area (Å²) in [7, 11) is 0. The van der Waals surface area contributed by atoms with Crippen LogP contribution in [0.4, 0.5) is 4.39 Å². The van der Waals surface area contributed by atoms with Gasteiger partial charge in [0.05, 0.1) is 12.6 Å². The Morgan fingerprint density at radius 1 is 1.16 bits per heavy atom. The summed E-state index contributed by atoms with van der Waals surface area (Å²) in [6, 6.07) is 11.8. The third-order valence-corrected chi connectivity index (χ3v) is 6.22. The Morgan fingerprint density at radius 3 is 2.50 bits per heavy atom. The third kappa shape index (κ3) is 5.87. The van der Waals surface area contributed by atoms with Crippen molar-refractivity contribution in [2.75, 3.05) is 26.2 Å². The molecule has 2 heterocycles. The van der Waals surface area contributed by atoms with Gasteiger partial charge in [-0.25, -0.2) is 4.39 Å². The molecule has 2 aromatic rings. The van der Waals surface area contributed by atoms with Crippen molar-refractivity contribution in [1.82, 2.24) is 9.80 Å². The topological polar surface area (TPSA) is 53.0 Å². The van der Waals surface area contributed by atoms with Gasteiger partial charge in [0.15, 0.2) is 5.78 Å². The first kappa shape index (κ1) is 24.6. The highest BCUT2D eigenvalue weighted by Gasteiger charge is 2.32. The number of hydrogen-bond donors (Lipinski definition) is 1. The van der Waals surface area contributed by atoms with Crippen LogP contribution in [0.2, 0.25) is 0 Å².